The number of hydrogen-bond donors (Lipinski definition) is 0. The van der Waals surface area contributed by atoms with Gasteiger partial charge in [0.15, 0.2) is 5.82 Å². The summed E-state index contributed by atoms with van der Waals surface area (Å²) < 4.78 is 0. The Kier molecular flexibility index (Phi) is 7.77. The second-order valence-electron chi connectivity index (χ2n) is 13.5. The summed E-state index contributed by atoms with van der Waals surface area (Å²) >= 11 is 0. The third kappa shape index (κ3) is 5.58. The second kappa shape index (κ2) is 13.4. The standard InChI is InChI=1S/C50H32N4/c1-2-11-40-38(9-1)39-10-3-4-12-41(39)43-14-7-8-16-45(43)47-31-37(21-22-46(47)44-15-6-5-13-42(40)44)50-53-48(32-49(54-50)36-25-29-52-30-26-36)35-19-17-33(18-20-35)34-23-27-51-28-24-34/h1-32H. The minimum Gasteiger partial charge on any atom is -0.265 e. The molecule has 10 aromatic rings. The zero-order valence-corrected chi connectivity index (χ0v) is 29.3. The van der Waals surface area contributed by atoms with Crippen LogP contribution in [0, 0.1) is 0 Å². The van der Waals surface area contributed by atoms with E-state index in [2.05, 4.69) is 156 Å². The third-order valence-electron chi connectivity index (χ3n) is 10.3. The van der Waals surface area contributed by atoms with Crippen molar-refractivity contribution in [3.05, 3.63) is 195 Å². The molecule has 4 heteroatoms. The van der Waals surface area contributed by atoms with E-state index in [0.29, 0.717) is 5.82 Å². The van der Waals surface area contributed by atoms with Crippen LogP contribution in [-0.4, -0.2) is 19.9 Å². The molecule has 54 heavy (non-hydrogen) atoms. The van der Waals surface area contributed by atoms with E-state index in [4.69, 9.17) is 9.97 Å². The Morgan fingerprint density at radius 3 is 1.00 bits per heavy atom. The lowest BCUT2D eigenvalue weighted by molar-refractivity contribution is 1.18. The molecular weight excluding hydrogens is 657 g/mol. The van der Waals surface area contributed by atoms with Crippen LogP contribution in [0.5, 0.6) is 0 Å². The van der Waals surface area contributed by atoms with Crippen LogP contribution < -0.4 is 0 Å². The minimum absolute atomic E-state index is 0.661. The number of fused-ring (bicyclic) bond motifs is 10. The Morgan fingerprint density at radius 2 is 0.556 bits per heavy atom. The number of nitrogens with zero attached hydrogens (tertiary/aromatic N) is 4. The number of benzene rings is 6. The number of rotatable bonds is 4. The fourth-order valence-corrected chi connectivity index (χ4v) is 7.73. The van der Waals surface area contributed by atoms with Crippen LogP contribution in [0.4, 0.5) is 0 Å². The van der Waals surface area contributed by atoms with Gasteiger partial charge < -0.3 is 0 Å². The van der Waals surface area contributed by atoms with Crippen molar-refractivity contribution in [3.8, 4) is 45.0 Å². The van der Waals surface area contributed by atoms with E-state index in [9.17, 15) is 0 Å². The molecule has 0 radical (unpaired) electrons. The van der Waals surface area contributed by atoms with Crippen molar-refractivity contribution < 1.29 is 0 Å². The van der Waals surface area contributed by atoms with Crippen molar-refractivity contribution in [2.45, 2.75) is 0 Å². The molecular formula is C50H32N4. The lowest BCUT2D eigenvalue weighted by Crippen LogP contribution is -1.96. The number of aromatic nitrogens is 4. The van der Waals surface area contributed by atoms with Crippen molar-refractivity contribution in [1.29, 1.82) is 0 Å². The fraction of sp³-hybridized carbons (Fsp3) is 0. The Balaban J connectivity index is 1.28. The van der Waals surface area contributed by atoms with E-state index in [-0.39, 0.29) is 0 Å². The smallest absolute Gasteiger partial charge is 0.160 e. The van der Waals surface area contributed by atoms with Crippen molar-refractivity contribution in [2.24, 2.45) is 0 Å². The van der Waals surface area contributed by atoms with E-state index in [1.165, 1.54) is 37.7 Å². The molecule has 0 unspecified atom stereocenters. The Labute approximate surface area is 312 Å². The van der Waals surface area contributed by atoms with Gasteiger partial charge in [0.2, 0.25) is 0 Å². The molecule has 0 atom stereocenters. The molecule has 10 rings (SSSR count). The van der Waals surface area contributed by atoms with Gasteiger partial charge in [0.1, 0.15) is 0 Å². The van der Waals surface area contributed by atoms with Crippen molar-refractivity contribution in [2.75, 3.05) is 0 Å². The minimum atomic E-state index is 0.661. The molecule has 0 N–H and O–H groups in total. The molecule has 0 aliphatic rings. The molecule has 0 spiro atoms. The average molecular weight is 689 g/mol. The predicted octanol–water partition coefficient (Wildman–Crippen LogP) is 12.8. The summed E-state index contributed by atoms with van der Waals surface area (Å²) in [6.07, 6.45) is 7.26. The maximum atomic E-state index is 5.26. The highest BCUT2D eigenvalue weighted by Crippen LogP contribution is 2.37. The fourth-order valence-electron chi connectivity index (χ4n) is 7.73. The lowest BCUT2D eigenvalue weighted by Gasteiger charge is -2.12. The van der Waals surface area contributed by atoms with Gasteiger partial charge >= 0.3 is 0 Å². The van der Waals surface area contributed by atoms with Gasteiger partial charge in [-0.15, -0.1) is 0 Å². The quantitative estimate of drug-likeness (QED) is 0.185. The molecule has 7 aromatic carbocycles. The Hall–Kier alpha value is -7.30. The van der Waals surface area contributed by atoms with E-state index in [0.717, 1.165) is 55.4 Å². The van der Waals surface area contributed by atoms with Gasteiger partial charge in [-0.1, -0.05) is 133 Å². The lowest BCUT2D eigenvalue weighted by atomic mass is 9.93. The van der Waals surface area contributed by atoms with Crippen LogP contribution in [0.15, 0.2) is 195 Å². The summed E-state index contributed by atoms with van der Waals surface area (Å²) in [6, 6.07) is 60.4. The molecule has 3 heterocycles. The molecule has 0 aliphatic heterocycles. The molecule has 0 aliphatic carbocycles. The van der Waals surface area contributed by atoms with Crippen LogP contribution in [0.25, 0.3) is 98.9 Å². The largest absolute Gasteiger partial charge is 0.265 e. The molecule has 0 saturated heterocycles. The Morgan fingerprint density at radius 1 is 0.241 bits per heavy atom. The SMILES string of the molecule is c1ccc2c(c1)c1ccccc1c1ccccc1c1cc(-c3nc(-c4ccncc4)cc(-c4ccc(-c5ccncc5)cc4)n3)ccc1c1ccccc21. The summed E-state index contributed by atoms with van der Waals surface area (Å²) in [5.74, 6) is 0.661. The third-order valence-corrected chi connectivity index (χ3v) is 10.3. The highest BCUT2D eigenvalue weighted by molar-refractivity contribution is 6.26. The maximum Gasteiger partial charge on any atom is 0.160 e. The summed E-state index contributed by atoms with van der Waals surface area (Å²) in [7, 11) is 0. The molecule has 0 bridgehead atoms. The summed E-state index contributed by atoms with van der Waals surface area (Å²) in [5, 5.41) is 11.9. The second-order valence-corrected chi connectivity index (χ2v) is 13.5. The van der Waals surface area contributed by atoms with E-state index < -0.39 is 0 Å². The van der Waals surface area contributed by atoms with Crippen molar-refractivity contribution in [3.63, 3.8) is 0 Å². The van der Waals surface area contributed by atoms with E-state index in [1.807, 2.05) is 49.1 Å². The van der Waals surface area contributed by atoms with Crippen LogP contribution in [0.2, 0.25) is 0 Å². The van der Waals surface area contributed by atoms with E-state index >= 15 is 0 Å². The number of hydrogen-bond acceptors (Lipinski definition) is 4. The Bertz CT molecular complexity index is 3010. The first-order valence-corrected chi connectivity index (χ1v) is 18.1. The predicted molar refractivity (Wildman–Crippen MR) is 225 cm³/mol. The van der Waals surface area contributed by atoms with Crippen molar-refractivity contribution in [1.82, 2.24) is 19.9 Å². The van der Waals surface area contributed by atoms with Gasteiger partial charge in [0.05, 0.1) is 11.4 Å². The molecule has 0 amide bonds. The van der Waals surface area contributed by atoms with Gasteiger partial charge in [-0.2, -0.15) is 0 Å². The van der Waals surface area contributed by atoms with Crippen LogP contribution in [0.3, 0.4) is 0 Å². The number of pyridine rings is 2. The molecule has 3 aromatic heterocycles. The molecule has 252 valence electrons. The van der Waals surface area contributed by atoms with E-state index in [1.54, 1.807) is 0 Å². The van der Waals surface area contributed by atoms with Crippen LogP contribution in [0.1, 0.15) is 0 Å². The van der Waals surface area contributed by atoms with Gasteiger partial charge in [-0.3, -0.25) is 9.97 Å². The first-order valence-electron chi connectivity index (χ1n) is 18.1. The monoisotopic (exact) mass is 688 g/mol. The first kappa shape index (κ1) is 31.4. The highest BCUT2D eigenvalue weighted by Gasteiger charge is 2.14. The summed E-state index contributed by atoms with van der Waals surface area (Å²) in [4.78, 5) is 18.9. The highest BCUT2D eigenvalue weighted by atomic mass is 14.9. The zero-order valence-electron chi connectivity index (χ0n) is 29.3. The summed E-state index contributed by atoms with van der Waals surface area (Å²) in [5.41, 5.74) is 6.88. The molecule has 0 saturated carbocycles. The first-order chi connectivity index (χ1) is 26.8. The molecule has 4 nitrogen and oxygen atoms in total. The maximum absolute atomic E-state index is 5.26. The topological polar surface area (TPSA) is 51.6 Å². The van der Waals surface area contributed by atoms with Gasteiger partial charge in [0.25, 0.3) is 0 Å². The van der Waals surface area contributed by atoms with Crippen LogP contribution in [-0.2, 0) is 0 Å². The van der Waals surface area contributed by atoms with Gasteiger partial charge in [-0.25, -0.2) is 9.97 Å². The average Bonchev–Trinajstić information content (AvgIpc) is 3.26. The van der Waals surface area contributed by atoms with Gasteiger partial charge in [0, 0.05) is 41.5 Å². The zero-order chi connectivity index (χ0) is 35.8. The normalized spacial score (nSPS) is 11.3. The molecule has 0 fully saturated rings. The van der Waals surface area contributed by atoms with Gasteiger partial charge in [-0.05, 0) is 101 Å². The van der Waals surface area contributed by atoms with Crippen molar-refractivity contribution >= 4 is 53.9 Å². The summed E-state index contributed by atoms with van der Waals surface area (Å²) in [6.45, 7) is 0. The van der Waals surface area contributed by atoms with Crippen LogP contribution >= 0.6 is 0 Å².